The van der Waals surface area contributed by atoms with Gasteiger partial charge in [-0.05, 0) is 43.5 Å². The molecule has 28 heavy (non-hydrogen) atoms. The molecule has 0 spiro atoms. The van der Waals surface area contributed by atoms with Crippen molar-refractivity contribution in [3.05, 3.63) is 75.8 Å². The van der Waals surface area contributed by atoms with E-state index < -0.39 is 11.2 Å². The molecule has 1 aliphatic rings. The van der Waals surface area contributed by atoms with Crippen molar-refractivity contribution >= 4 is 29.3 Å². The van der Waals surface area contributed by atoms with Crippen LogP contribution in [0, 0.1) is 25.2 Å². The summed E-state index contributed by atoms with van der Waals surface area (Å²) in [6.07, 6.45) is 0.536. The van der Waals surface area contributed by atoms with Crippen molar-refractivity contribution < 1.29 is 9.59 Å². The lowest BCUT2D eigenvalue weighted by Gasteiger charge is -2.18. The van der Waals surface area contributed by atoms with E-state index in [9.17, 15) is 14.9 Å². The Kier molecular flexibility index (Phi) is 5.86. The van der Waals surface area contributed by atoms with E-state index in [1.54, 1.807) is 0 Å². The van der Waals surface area contributed by atoms with E-state index in [4.69, 9.17) is 0 Å². The van der Waals surface area contributed by atoms with Gasteiger partial charge in [0.2, 0.25) is 5.91 Å². The highest BCUT2D eigenvalue weighted by Crippen LogP contribution is 2.42. The molecular formula is C22H21N3O2S. The Morgan fingerprint density at radius 1 is 1.18 bits per heavy atom. The van der Waals surface area contributed by atoms with E-state index >= 15 is 0 Å². The maximum Gasteiger partial charge on any atom is 0.264 e. The van der Waals surface area contributed by atoms with E-state index in [1.807, 2.05) is 68.4 Å². The van der Waals surface area contributed by atoms with Gasteiger partial charge in [0.05, 0.1) is 5.25 Å². The molecule has 0 bridgehead atoms. The molecule has 2 amide bonds. The Morgan fingerprint density at radius 2 is 1.86 bits per heavy atom. The Hall–Kier alpha value is -3.04. The first-order chi connectivity index (χ1) is 13.5. The molecule has 2 aromatic rings. The van der Waals surface area contributed by atoms with E-state index in [-0.39, 0.29) is 11.5 Å². The summed E-state index contributed by atoms with van der Waals surface area (Å²) in [6, 6.07) is 17.4. The molecule has 0 aliphatic carbocycles. The molecule has 0 saturated carbocycles. The van der Waals surface area contributed by atoms with Crippen LogP contribution in [0.15, 0.2) is 59.1 Å². The maximum absolute atomic E-state index is 13.3. The number of aryl methyl sites for hydroxylation is 2. The lowest BCUT2D eigenvalue weighted by Crippen LogP contribution is -2.31. The van der Waals surface area contributed by atoms with Gasteiger partial charge < -0.3 is 5.32 Å². The zero-order valence-corrected chi connectivity index (χ0v) is 16.8. The van der Waals surface area contributed by atoms with E-state index in [0.29, 0.717) is 17.1 Å². The van der Waals surface area contributed by atoms with Crippen LogP contribution in [0.1, 0.15) is 16.7 Å². The number of nitriles is 1. The second-order valence-electron chi connectivity index (χ2n) is 6.62. The number of hydrogen-bond donors (Lipinski definition) is 1. The Bertz CT molecular complexity index is 990. The average molecular weight is 391 g/mol. The SMILES string of the molecule is CNC(=O)/C(C#N)=C1/S[C@@H](Cc2ccccc2C)C(=O)N1c1ccc(C)cc1. The van der Waals surface area contributed by atoms with Gasteiger partial charge in [-0.1, -0.05) is 53.7 Å². The van der Waals surface area contributed by atoms with Crippen LogP contribution >= 0.6 is 11.8 Å². The Morgan fingerprint density at radius 3 is 2.46 bits per heavy atom. The summed E-state index contributed by atoms with van der Waals surface area (Å²) in [7, 11) is 1.47. The van der Waals surface area contributed by atoms with Gasteiger partial charge in [0.15, 0.2) is 0 Å². The zero-order valence-electron chi connectivity index (χ0n) is 16.0. The van der Waals surface area contributed by atoms with Crippen molar-refractivity contribution in [2.45, 2.75) is 25.5 Å². The largest absolute Gasteiger partial charge is 0.354 e. The number of carbonyl (C=O) groups excluding carboxylic acids is 2. The fourth-order valence-electron chi connectivity index (χ4n) is 3.08. The predicted octanol–water partition coefficient (Wildman–Crippen LogP) is 3.48. The van der Waals surface area contributed by atoms with Crippen LogP contribution in [-0.2, 0) is 16.0 Å². The summed E-state index contributed by atoms with van der Waals surface area (Å²) in [5.74, 6) is -0.616. The number of anilines is 1. The van der Waals surface area contributed by atoms with Crippen LogP contribution in [0.25, 0.3) is 0 Å². The van der Waals surface area contributed by atoms with E-state index in [2.05, 4.69) is 5.32 Å². The fourth-order valence-corrected chi connectivity index (χ4v) is 4.38. The molecule has 5 nitrogen and oxygen atoms in total. The highest BCUT2D eigenvalue weighted by molar-refractivity contribution is 8.05. The summed E-state index contributed by atoms with van der Waals surface area (Å²) < 4.78 is 0. The van der Waals surface area contributed by atoms with Gasteiger partial charge in [0.1, 0.15) is 16.7 Å². The highest BCUT2D eigenvalue weighted by Gasteiger charge is 2.40. The number of likely N-dealkylation sites (N-methyl/N-ethyl adjacent to an activating group) is 1. The molecule has 0 radical (unpaired) electrons. The lowest BCUT2D eigenvalue weighted by atomic mass is 10.0. The van der Waals surface area contributed by atoms with Gasteiger partial charge in [-0.15, -0.1) is 0 Å². The smallest absolute Gasteiger partial charge is 0.264 e. The van der Waals surface area contributed by atoms with Gasteiger partial charge >= 0.3 is 0 Å². The van der Waals surface area contributed by atoms with Crippen LogP contribution in [0.2, 0.25) is 0 Å². The molecule has 1 heterocycles. The first kappa shape index (κ1) is 19.7. The fraction of sp³-hybridized carbons (Fsp3) is 0.227. The minimum absolute atomic E-state index is 0.0475. The maximum atomic E-state index is 13.3. The van der Waals surface area contributed by atoms with Crippen molar-refractivity contribution in [2.24, 2.45) is 0 Å². The minimum Gasteiger partial charge on any atom is -0.354 e. The third kappa shape index (κ3) is 3.80. The molecule has 142 valence electrons. The zero-order chi connectivity index (χ0) is 20.3. The summed E-state index contributed by atoms with van der Waals surface area (Å²) in [6.45, 7) is 3.98. The summed E-state index contributed by atoms with van der Waals surface area (Å²) >= 11 is 1.28. The van der Waals surface area contributed by atoms with Crippen LogP contribution in [0.4, 0.5) is 5.69 Å². The molecule has 0 unspecified atom stereocenters. The third-order valence-corrected chi connectivity index (χ3v) is 5.95. The molecule has 0 aromatic heterocycles. The van der Waals surface area contributed by atoms with Gasteiger partial charge in [0.25, 0.3) is 5.91 Å². The quantitative estimate of drug-likeness (QED) is 0.640. The topological polar surface area (TPSA) is 73.2 Å². The summed E-state index contributed by atoms with van der Waals surface area (Å²) in [4.78, 5) is 27.0. The lowest BCUT2D eigenvalue weighted by molar-refractivity contribution is -0.117. The number of hydrogen-bond acceptors (Lipinski definition) is 4. The Labute approximate surface area is 169 Å². The number of carbonyl (C=O) groups is 2. The van der Waals surface area contributed by atoms with Crippen molar-refractivity contribution in [3.8, 4) is 6.07 Å². The van der Waals surface area contributed by atoms with Crippen molar-refractivity contribution in [2.75, 3.05) is 11.9 Å². The molecule has 1 aliphatic heterocycles. The first-order valence-electron chi connectivity index (χ1n) is 8.94. The monoisotopic (exact) mass is 391 g/mol. The normalized spacial score (nSPS) is 18.0. The van der Waals surface area contributed by atoms with E-state index in [1.165, 1.54) is 23.7 Å². The summed E-state index contributed by atoms with van der Waals surface area (Å²) in [5, 5.41) is 12.1. The number of thioether (sulfide) groups is 1. The molecule has 2 aromatic carbocycles. The Balaban J connectivity index is 2.06. The molecule has 6 heteroatoms. The molecule has 1 saturated heterocycles. The standard InChI is InChI=1S/C22H21N3O2S/c1-14-8-10-17(11-9-14)25-21(27)19(12-16-7-5-4-6-15(16)2)28-22(25)18(13-23)20(26)24-3/h4-11,19H,12H2,1-3H3,(H,24,26)/b22-18+/t19-/m0/s1. The van der Waals surface area contributed by atoms with Crippen LogP contribution in [-0.4, -0.2) is 24.1 Å². The number of amides is 2. The van der Waals surface area contributed by atoms with E-state index in [0.717, 1.165) is 16.7 Å². The van der Waals surface area contributed by atoms with Crippen LogP contribution in [0.3, 0.4) is 0 Å². The number of nitrogens with one attached hydrogen (secondary N) is 1. The molecule has 3 rings (SSSR count). The molecular weight excluding hydrogens is 370 g/mol. The summed E-state index contributed by atoms with van der Waals surface area (Å²) in [5.41, 5.74) is 3.87. The molecule has 1 N–H and O–H groups in total. The second-order valence-corrected chi connectivity index (χ2v) is 7.81. The van der Waals surface area contributed by atoms with Crippen molar-refractivity contribution in [1.29, 1.82) is 5.26 Å². The average Bonchev–Trinajstić information content (AvgIpc) is 3.01. The third-order valence-electron chi connectivity index (χ3n) is 4.69. The van der Waals surface area contributed by atoms with Gasteiger partial charge in [-0.3, -0.25) is 14.5 Å². The van der Waals surface area contributed by atoms with Gasteiger partial charge in [-0.2, -0.15) is 5.26 Å². The number of nitrogens with zero attached hydrogens (tertiary/aromatic N) is 2. The van der Waals surface area contributed by atoms with Crippen LogP contribution < -0.4 is 10.2 Å². The van der Waals surface area contributed by atoms with Crippen molar-refractivity contribution in [1.82, 2.24) is 5.32 Å². The van der Waals surface area contributed by atoms with Crippen LogP contribution in [0.5, 0.6) is 0 Å². The van der Waals surface area contributed by atoms with Crippen molar-refractivity contribution in [3.63, 3.8) is 0 Å². The minimum atomic E-state index is -0.494. The van der Waals surface area contributed by atoms with Gasteiger partial charge in [-0.25, -0.2) is 0 Å². The molecule has 1 atom stereocenters. The second kappa shape index (κ2) is 8.32. The number of benzene rings is 2. The van der Waals surface area contributed by atoms with Gasteiger partial charge in [0, 0.05) is 12.7 Å². The highest BCUT2D eigenvalue weighted by atomic mass is 32.2. The predicted molar refractivity (Wildman–Crippen MR) is 112 cm³/mol. The molecule has 1 fully saturated rings. The number of rotatable bonds is 4. The first-order valence-corrected chi connectivity index (χ1v) is 9.82.